The van der Waals surface area contributed by atoms with Crippen molar-refractivity contribution in [1.82, 2.24) is 10.2 Å². The minimum absolute atomic E-state index is 0.0210. The molecule has 0 radical (unpaired) electrons. The second-order valence-electron chi connectivity index (χ2n) is 11.8. The van der Waals surface area contributed by atoms with Crippen molar-refractivity contribution in [2.24, 2.45) is 0 Å². The van der Waals surface area contributed by atoms with Gasteiger partial charge in [0.1, 0.15) is 24.2 Å². The van der Waals surface area contributed by atoms with Crippen LogP contribution in [0.25, 0.3) is 0 Å². The molecule has 11 heteroatoms. The number of amides is 2. The highest BCUT2D eigenvalue weighted by Crippen LogP contribution is 2.27. The Morgan fingerprint density at radius 2 is 1.52 bits per heavy atom. The molecular weight excluding hydrogens is 673 g/mol. The van der Waals surface area contributed by atoms with Crippen LogP contribution in [0.4, 0.5) is 10.1 Å². The van der Waals surface area contributed by atoms with Gasteiger partial charge in [-0.1, -0.05) is 58.4 Å². The maximum absolute atomic E-state index is 14.5. The standard InChI is InChI=1S/C35H37BrFN3O5S/c1-35(2,3)38-34(42)32(22-25-9-6-5-7-10-25)39(23-26-11-8-12-27(36)21-26)33(41)24-40(29-15-13-28(37)14-16-29)46(43,44)31-19-17-30(45-4)18-20-31/h5-21,32H,22-24H2,1-4H3,(H,38,42)/t32-/m1/s1. The van der Waals surface area contributed by atoms with Gasteiger partial charge in [-0.05, 0) is 92.6 Å². The Kier molecular flexibility index (Phi) is 11.2. The summed E-state index contributed by atoms with van der Waals surface area (Å²) in [5, 5.41) is 3.00. The van der Waals surface area contributed by atoms with Crippen molar-refractivity contribution >= 4 is 43.5 Å². The number of hydrogen-bond donors (Lipinski definition) is 1. The SMILES string of the molecule is COc1ccc(S(=O)(=O)N(CC(=O)N(Cc2cccc(Br)c2)[C@H](Cc2ccccc2)C(=O)NC(C)(C)C)c2ccc(F)cc2)cc1. The van der Waals surface area contributed by atoms with Gasteiger partial charge in [-0.3, -0.25) is 13.9 Å². The van der Waals surface area contributed by atoms with Crippen molar-refractivity contribution in [1.29, 1.82) is 0 Å². The zero-order valence-corrected chi connectivity index (χ0v) is 28.5. The number of ether oxygens (including phenoxy) is 1. The van der Waals surface area contributed by atoms with Gasteiger partial charge in [0, 0.05) is 23.0 Å². The van der Waals surface area contributed by atoms with E-state index < -0.39 is 39.9 Å². The van der Waals surface area contributed by atoms with Crippen molar-refractivity contribution in [3.8, 4) is 5.75 Å². The summed E-state index contributed by atoms with van der Waals surface area (Å²) in [5.74, 6) is -1.11. The number of nitrogens with zero attached hydrogens (tertiary/aromatic N) is 2. The third kappa shape index (κ3) is 9.17. The van der Waals surface area contributed by atoms with E-state index in [1.165, 1.54) is 48.4 Å². The van der Waals surface area contributed by atoms with Crippen molar-refractivity contribution < 1.29 is 27.1 Å². The molecule has 0 saturated heterocycles. The first-order valence-corrected chi connectivity index (χ1v) is 16.8. The van der Waals surface area contributed by atoms with E-state index in [0.717, 1.165) is 32.0 Å². The number of sulfonamides is 1. The Balaban J connectivity index is 1.81. The van der Waals surface area contributed by atoms with Gasteiger partial charge in [-0.2, -0.15) is 0 Å². The molecule has 1 N–H and O–H groups in total. The monoisotopic (exact) mass is 709 g/mol. The molecule has 0 aliphatic rings. The Morgan fingerprint density at radius 1 is 0.891 bits per heavy atom. The summed E-state index contributed by atoms with van der Waals surface area (Å²) >= 11 is 3.48. The summed E-state index contributed by atoms with van der Waals surface area (Å²) in [6.07, 6.45) is 0.185. The van der Waals surface area contributed by atoms with Crippen LogP contribution in [-0.4, -0.2) is 50.4 Å². The van der Waals surface area contributed by atoms with Crippen LogP contribution in [0.1, 0.15) is 31.9 Å². The van der Waals surface area contributed by atoms with Crippen LogP contribution in [0.3, 0.4) is 0 Å². The molecule has 0 aliphatic carbocycles. The summed E-state index contributed by atoms with van der Waals surface area (Å²) in [6, 6.07) is 26.3. The topological polar surface area (TPSA) is 96.0 Å². The van der Waals surface area contributed by atoms with E-state index in [0.29, 0.717) is 5.75 Å². The number of benzene rings is 4. The van der Waals surface area contributed by atoms with Crippen LogP contribution >= 0.6 is 15.9 Å². The molecule has 0 fully saturated rings. The molecule has 4 rings (SSSR count). The molecule has 0 spiro atoms. The van der Waals surface area contributed by atoms with Gasteiger partial charge < -0.3 is 15.0 Å². The molecule has 242 valence electrons. The number of rotatable bonds is 12. The quantitative estimate of drug-likeness (QED) is 0.185. The predicted octanol–water partition coefficient (Wildman–Crippen LogP) is 6.35. The minimum atomic E-state index is -4.33. The Labute approximate surface area is 278 Å². The average molecular weight is 711 g/mol. The molecule has 0 aromatic heterocycles. The van der Waals surface area contributed by atoms with Crippen LogP contribution in [0.5, 0.6) is 5.75 Å². The van der Waals surface area contributed by atoms with E-state index in [1.807, 2.05) is 75.4 Å². The number of carbonyl (C=O) groups excluding carboxylic acids is 2. The summed E-state index contributed by atoms with van der Waals surface area (Å²) in [5.41, 5.74) is 1.04. The summed E-state index contributed by atoms with van der Waals surface area (Å²) in [6.45, 7) is 4.92. The molecule has 0 bridgehead atoms. The van der Waals surface area contributed by atoms with Gasteiger partial charge in [-0.25, -0.2) is 12.8 Å². The third-order valence-electron chi connectivity index (χ3n) is 7.05. The molecule has 0 saturated carbocycles. The van der Waals surface area contributed by atoms with E-state index >= 15 is 0 Å². The van der Waals surface area contributed by atoms with Crippen molar-refractivity contribution in [3.05, 3.63) is 125 Å². The van der Waals surface area contributed by atoms with E-state index in [2.05, 4.69) is 21.2 Å². The fourth-order valence-electron chi connectivity index (χ4n) is 4.85. The van der Waals surface area contributed by atoms with Crippen LogP contribution < -0.4 is 14.4 Å². The predicted molar refractivity (Wildman–Crippen MR) is 180 cm³/mol. The number of nitrogens with one attached hydrogen (secondary N) is 1. The second-order valence-corrected chi connectivity index (χ2v) is 14.5. The van der Waals surface area contributed by atoms with Gasteiger partial charge in [0.25, 0.3) is 10.0 Å². The zero-order valence-electron chi connectivity index (χ0n) is 26.1. The first-order valence-electron chi connectivity index (χ1n) is 14.6. The molecular formula is C35H37BrFN3O5S. The highest BCUT2D eigenvalue weighted by molar-refractivity contribution is 9.10. The van der Waals surface area contributed by atoms with Crippen LogP contribution in [0.15, 0.2) is 112 Å². The Bertz CT molecular complexity index is 1750. The maximum atomic E-state index is 14.5. The molecule has 0 aliphatic heterocycles. The molecule has 0 heterocycles. The smallest absolute Gasteiger partial charge is 0.264 e. The fourth-order valence-corrected chi connectivity index (χ4v) is 6.71. The highest BCUT2D eigenvalue weighted by atomic mass is 79.9. The number of hydrogen-bond acceptors (Lipinski definition) is 5. The first kappa shape index (κ1) is 34.6. The number of methoxy groups -OCH3 is 1. The highest BCUT2D eigenvalue weighted by Gasteiger charge is 2.35. The third-order valence-corrected chi connectivity index (χ3v) is 9.33. The zero-order chi connectivity index (χ0) is 33.5. The van der Waals surface area contributed by atoms with Gasteiger partial charge in [0.05, 0.1) is 17.7 Å². The molecule has 2 amide bonds. The lowest BCUT2D eigenvalue weighted by atomic mass is 10.0. The number of halogens is 2. The lowest BCUT2D eigenvalue weighted by Gasteiger charge is -2.35. The summed E-state index contributed by atoms with van der Waals surface area (Å²) in [4.78, 5) is 29.8. The largest absolute Gasteiger partial charge is 0.497 e. The van der Waals surface area contributed by atoms with E-state index in [1.54, 1.807) is 0 Å². The minimum Gasteiger partial charge on any atom is -0.497 e. The van der Waals surface area contributed by atoms with Crippen molar-refractivity contribution in [2.45, 2.75) is 50.2 Å². The van der Waals surface area contributed by atoms with Crippen LogP contribution in [0.2, 0.25) is 0 Å². The van der Waals surface area contributed by atoms with E-state index in [-0.39, 0.29) is 29.5 Å². The fraction of sp³-hybridized carbons (Fsp3) is 0.257. The Morgan fingerprint density at radius 3 is 2.11 bits per heavy atom. The number of carbonyl (C=O) groups is 2. The normalized spacial score (nSPS) is 12.2. The summed E-state index contributed by atoms with van der Waals surface area (Å²) < 4.78 is 49.0. The lowest BCUT2D eigenvalue weighted by Crippen LogP contribution is -2.56. The average Bonchev–Trinajstić information content (AvgIpc) is 3.01. The molecule has 4 aromatic rings. The summed E-state index contributed by atoms with van der Waals surface area (Å²) in [7, 11) is -2.87. The van der Waals surface area contributed by atoms with Gasteiger partial charge in [0.2, 0.25) is 11.8 Å². The lowest BCUT2D eigenvalue weighted by molar-refractivity contribution is -0.140. The van der Waals surface area contributed by atoms with Crippen LogP contribution in [-0.2, 0) is 32.6 Å². The molecule has 1 atom stereocenters. The van der Waals surface area contributed by atoms with Crippen molar-refractivity contribution in [3.63, 3.8) is 0 Å². The maximum Gasteiger partial charge on any atom is 0.264 e. The molecule has 8 nitrogen and oxygen atoms in total. The number of anilines is 1. The molecule has 0 unspecified atom stereocenters. The van der Waals surface area contributed by atoms with Gasteiger partial charge in [-0.15, -0.1) is 0 Å². The van der Waals surface area contributed by atoms with Gasteiger partial charge in [0.15, 0.2) is 0 Å². The molecule has 4 aromatic carbocycles. The van der Waals surface area contributed by atoms with Crippen LogP contribution in [0, 0.1) is 5.82 Å². The second kappa shape index (κ2) is 14.9. The first-order chi connectivity index (χ1) is 21.8. The van der Waals surface area contributed by atoms with Gasteiger partial charge >= 0.3 is 0 Å². The Hall–Kier alpha value is -4.22. The van der Waals surface area contributed by atoms with E-state index in [4.69, 9.17) is 4.74 Å². The van der Waals surface area contributed by atoms with Crippen molar-refractivity contribution in [2.75, 3.05) is 18.0 Å². The molecule has 46 heavy (non-hydrogen) atoms. The van der Waals surface area contributed by atoms with E-state index in [9.17, 15) is 22.4 Å².